The highest BCUT2D eigenvalue weighted by Gasteiger charge is 2.04. The molecule has 0 saturated carbocycles. The second-order valence-electron chi connectivity index (χ2n) is 4.04. The van der Waals surface area contributed by atoms with Gasteiger partial charge < -0.3 is 10.6 Å². The maximum atomic E-state index is 4.36. The van der Waals surface area contributed by atoms with Gasteiger partial charge in [-0.2, -0.15) is 0 Å². The van der Waals surface area contributed by atoms with Gasteiger partial charge in [0.1, 0.15) is 17.5 Å². The summed E-state index contributed by atoms with van der Waals surface area (Å²) in [6.45, 7) is 3.93. The molecule has 0 aliphatic rings. The van der Waals surface area contributed by atoms with Crippen LogP contribution in [-0.2, 0) is 0 Å². The van der Waals surface area contributed by atoms with E-state index in [2.05, 4.69) is 55.6 Å². The first-order valence-electron chi connectivity index (χ1n) is 5.65. The van der Waals surface area contributed by atoms with E-state index in [1.165, 1.54) is 5.56 Å². The quantitative estimate of drug-likeness (QED) is 0.909. The lowest BCUT2D eigenvalue weighted by Crippen LogP contribution is -2.01. The summed E-state index contributed by atoms with van der Waals surface area (Å²) in [5, 5.41) is 6.31. The molecule has 0 aliphatic carbocycles. The number of nitrogens with one attached hydrogen (secondary N) is 2. The molecular formula is C13H15BrN4. The van der Waals surface area contributed by atoms with Gasteiger partial charge in [-0.1, -0.05) is 6.07 Å². The third-order valence-electron chi connectivity index (χ3n) is 2.48. The van der Waals surface area contributed by atoms with Crippen LogP contribution in [0.3, 0.4) is 0 Å². The minimum Gasteiger partial charge on any atom is -0.373 e. The van der Waals surface area contributed by atoms with E-state index in [0.717, 1.165) is 27.6 Å². The lowest BCUT2D eigenvalue weighted by molar-refractivity contribution is 1.05. The van der Waals surface area contributed by atoms with E-state index < -0.39 is 0 Å². The van der Waals surface area contributed by atoms with Crippen LogP contribution in [0, 0.1) is 13.8 Å². The zero-order chi connectivity index (χ0) is 13.1. The minimum atomic E-state index is 0.730. The van der Waals surface area contributed by atoms with Gasteiger partial charge in [0.15, 0.2) is 0 Å². The van der Waals surface area contributed by atoms with Gasteiger partial charge in [0.2, 0.25) is 0 Å². The van der Waals surface area contributed by atoms with E-state index in [-0.39, 0.29) is 0 Å². The number of hydrogen-bond donors (Lipinski definition) is 2. The van der Waals surface area contributed by atoms with Gasteiger partial charge >= 0.3 is 0 Å². The number of rotatable bonds is 3. The Kier molecular flexibility index (Phi) is 3.81. The molecule has 4 nitrogen and oxygen atoms in total. The number of aryl methyl sites for hydroxylation is 2. The Morgan fingerprint density at radius 3 is 2.50 bits per heavy atom. The Hall–Kier alpha value is -1.62. The predicted octanol–water partition coefficient (Wildman–Crippen LogP) is 3.64. The standard InChI is InChI=1S/C13H15BrN4/c1-8-4-5-10(14)11(6-8)18-13-7-12(15-3)16-9(2)17-13/h4-7H,1-3H3,(H2,15,16,17,18). The van der Waals surface area contributed by atoms with Crippen LogP contribution >= 0.6 is 15.9 Å². The summed E-state index contributed by atoms with van der Waals surface area (Å²) in [5.74, 6) is 2.31. The molecule has 0 saturated heterocycles. The van der Waals surface area contributed by atoms with E-state index in [1.54, 1.807) is 0 Å². The first-order chi connectivity index (χ1) is 8.58. The molecule has 0 spiro atoms. The molecule has 0 atom stereocenters. The Morgan fingerprint density at radius 1 is 1.06 bits per heavy atom. The zero-order valence-corrected chi connectivity index (χ0v) is 12.2. The summed E-state index contributed by atoms with van der Waals surface area (Å²) in [6.07, 6.45) is 0. The van der Waals surface area contributed by atoms with Crippen LogP contribution in [0.5, 0.6) is 0 Å². The van der Waals surface area contributed by atoms with E-state index >= 15 is 0 Å². The Morgan fingerprint density at radius 2 is 1.78 bits per heavy atom. The molecule has 0 bridgehead atoms. The minimum absolute atomic E-state index is 0.730. The summed E-state index contributed by atoms with van der Waals surface area (Å²) < 4.78 is 1.01. The van der Waals surface area contributed by atoms with Gasteiger partial charge in [-0.05, 0) is 47.5 Å². The fourth-order valence-electron chi connectivity index (χ4n) is 1.63. The second-order valence-corrected chi connectivity index (χ2v) is 4.90. The molecule has 2 N–H and O–H groups in total. The van der Waals surface area contributed by atoms with Gasteiger partial charge in [0.25, 0.3) is 0 Å². The maximum absolute atomic E-state index is 4.36. The van der Waals surface area contributed by atoms with Crippen molar-refractivity contribution in [1.82, 2.24) is 9.97 Å². The summed E-state index contributed by atoms with van der Waals surface area (Å²) in [6, 6.07) is 8.02. The SMILES string of the molecule is CNc1cc(Nc2cc(C)ccc2Br)nc(C)n1. The molecule has 1 heterocycles. The Labute approximate surface area is 115 Å². The van der Waals surface area contributed by atoms with Crippen LogP contribution in [0.2, 0.25) is 0 Å². The number of aromatic nitrogens is 2. The lowest BCUT2D eigenvalue weighted by Gasteiger charge is -2.10. The van der Waals surface area contributed by atoms with Crippen LogP contribution in [0.25, 0.3) is 0 Å². The molecule has 0 radical (unpaired) electrons. The normalized spacial score (nSPS) is 10.2. The van der Waals surface area contributed by atoms with Gasteiger partial charge in [-0.15, -0.1) is 0 Å². The monoisotopic (exact) mass is 306 g/mol. The van der Waals surface area contributed by atoms with Gasteiger partial charge in [0, 0.05) is 17.6 Å². The fraction of sp³-hybridized carbons (Fsp3) is 0.231. The number of anilines is 3. The summed E-state index contributed by atoms with van der Waals surface area (Å²) in [7, 11) is 1.84. The number of benzene rings is 1. The van der Waals surface area contributed by atoms with Crippen molar-refractivity contribution in [2.75, 3.05) is 17.7 Å². The van der Waals surface area contributed by atoms with Crippen LogP contribution < -0.4 is 10.6 Å². The number of hydrogen-bond acceptors (Lipinski definition) is 4. The highest BCUT2D eigenvalue weighted by Crippen LogP contribution is 2.26. The van der Waals surface area contributed by atoms with Gasteiger partial charge in [-0.25, -0.2) is 9.97 Å². The van der Waals surface area contributed by atoms with E-state index in [9.17, 15) is 0 Å². The topological polar surface area (TPSA) is 49.8 Å². The third kappa shape index (κ3) is 2.98. The molecule has 0 aliphatic heterocycles. The van der Waals surface area contributed by atoms with E-state index in [0.29, 0.717) is 0 Å². The van der Waals surface area contributed by atoms with Crippen LogP contribution in [0.1, 0.15) is 11.4 Å². The van der Waals surface area contributed by atoms with Crippen molar-refractivity contribution >= 4 is 33.3 Å². The highest BCUT2D eigenvalue weighted by molar-refractivity contribution is 9.10. The predicted molar refractivity (Wildman–Crippen MR) is 78.5 cm³/mol. The Bertz CT molecular complexity index is 569. The highest BCUT2D eigenvalue weighted by atomic mass is 79.9. The molecule has 94 valence electrons. The maximum Gasteiger partial charge on any atom is 0.136 e. The van der Waals surface area contributed by atoms with Crippen molar-refractivity contribution in [1.29, 1.82) is 0 Å². The molecule has 1 aromatic carbocycles. The summed E-state index contributed by atoms with van der Waals surface area (Å²) in [4.78, 5) is 8.62. The average molecular weight is 307 g/mol. The average Bonchev–Trinajstić information content (AvgIpc) is 2.33. The van der Waals surface area contributed by atoms with Crippen molar-refractivity contribution in [2.45, 2.75) is 13.8 Å². The molecule has 0 amide bonds. The molecular weight excluding hydrogens is 292 g/mol. The molecule has 18 heavy (non-hydrogen) atoms. The molecule has 1 aromatic heterocycles. The second kappa shape index (κ2) is 5.35. The van der Waals surface area contributed by atoms with E-state index in [4.69, 9.17) is 0 Å². The number of nitrogens with zero attached hydrogens (tertiary/aromatic N) is 2. The summed E-state index contributed by atoms with van der Waals surface area (Å²) >= 11 is 3.52. The van der Waals surface area contributed by atoms with Crippen LogP contribution in [0.15, 0.2) is 28.7 Å². The van der Waals surface area contributed by atoms with Crippen molar-refractivity contribution in [3.05, 3.63) is 40.1 Å². The molecule has 0 fully saturated rings. The smallest absolute Gasteiger partial charge is 0.136 e. The number of halogens is 1. The van der Waals surface area contributed by atoms with Crippen molar-refractivity contribution in [3.63, 3.8) is 0 Å². The van der Waals surface area contributed by atoms with E-state index in [1.807, 2.05) is 26.1 Å². The van der Waals surface area contributed by atoms with Crippen LogP contribution in [0.4, 0.5) is 17.3 Å². The first kappa shape index (κ1) is 12.8. The van der Waals surface area contributed by atoms with Gasteiger partial charge in [0.05, 0.1) is 5.69 Å². The zero-order valence-electron chi connectivity index (χ0n) is 10.6. The third-order valence-corrected chi connectivity index (χ3v) is 3.17. The molecule has 0 unspecified atom stereocenters. The lowest BCUT2D eigenvalue weighted by atomic mass is 10.2. The van der Waals surface area contributed by atoms with Crippen molar-refractivity contribution in [3.8, 4) is 0 Å². The molecule has 2 rings (SSSR count). The van der Waals surface area contributed by atoms with Gasteiger partial charge in [-0.3, -0.25) is 0 Å². The largest absolute Gasteiger partial charge is 0.373 e. The summed E-state index contributed by atoms with van der Waals surface area (Å²) in [5.41, 5.74) is 2.19. The van der Waals surface area contributed by atoms with Crippen molar-refractivity contribution < 1.29 is 0 Å². The molecule has 5 heteroatoms. The van der Waals surface area contributed by atoms with Crippen LogP contribution in [-0.4, -0.2) is 17.0 Å². The fourth-order valence-corrected chi connectivity index (χ4v) is 1.98. The Balaban J connectivity index is 2.33. The molecule has 2 aromatic rings. The first-order valence-corrected chi connectivity index (χ1v) is 6.44. The van der Waals surface area contributed by atoms with Crippen molar-refractivity contribution in [2.24, 2.45) is 0 Å².